The molecule has 0 unspecified atom stereocenters. The van der Waals surface area contributed by atoms with Crippen LogP contribution in [0.2, 0.25) is 0 Å². The third-order valence-corrected chi connectivity index (χ3v) is 3.42. The Kier molecular flexibility index (Phi) is 4.72. The molecule has 0 bridgehead atoms. The van der Waals surface area contributed by atoms with E-state index < -0.39 is 0 Å². The number of hydrogen-bond acceptors (Lipinski definition) is 4. The van der Waals surface area contributed by atoms with E-state index in [9.17, 15) is 4.39 Å². The number of ether oxygens (including phenoxy) is 1. The molecule has 1 fully saturated rings. The molecule has 2 rings (SSSR count). The zero-order valence-electron chi connectivity index (χ0n) is 11.1. The highest BCUT2D eigenvalue weighted by atomic mass is 19.1. The van der Waals surface area contributed by atoms with Crippen LogP contribution >= 0.6 is 0 Å². The Morgan fingerprint density at radius 2 is 1.95 bits per heavy atom. The highest BCUT2D eigenvalue weighted by molar-refractivity contribution is 5.31. The van der Waals surface area contributed by atoms with Crippen molar-refractivity contribution in [3.8, 4) is 11.8 Å². The van der Waals surface area contributed by atoms with Gasteiger partial charge in [-0.25, -0.2) is 4.39 Å². The topological polar surface area (TPSA) is 39.5 Å². The van der Waals surface area contributed by atoms with Crippen LogP contribution in [0, 0.1) is 17.1 Å². The van der Waals surface area contributed by atoms with Crippen LogP contribution in [0.3, 0.4) is 0 Å². The minimum atomic E-state index is -0.274. The summed E-state index contributed by atoms with van der Waals surface area (Å²) in [4.78, 5) is 4.31. The van der Waals surface area contributed by atoms with Gasteiger partial charge in [-0.3, -0.25) is 9.80 Å². The Labute approximate surface area is 113 Å². The molecule has 19 heavy (non-hydrogen) atoms. The Balaban J connectivity index is 1.94. The maximum Gasteiger partial charge on any atom is 0.169 e. The Morgan fingerprint density at radius 3 is 2.58 bits per heavy atom. The van der Waals surface area contributed by atoms with Crippen LogP contribution < -0.4 is 4.74 Å². The van der Waals surface area contributed by atoms with Crippen LogP contribution in [0.15, 0.2) is 18.2 Å². The molecule has 0 spiro atoms. The van der Waals surface area contributed by atoms with Gasteiger partial charge in [0.05, 0.1) is 19.7 Å². The standard InChI is InChI=1S/C14H18FN3O/c1-19-13-4-2-3-12(14(13)15)11-18-9-7-17(6-5-16)8-10-18/h2-4H,6-11H2,1H3. The van der Waals surface area contributed by atoms with Gasteiger partial charge in [0.1, 0.15) is 0 Å². The molecular formula is C14H18FN3O. The molecule has 0 aliphatic carbocycles. The van der Waals surface area contributed by atoms with Gasteiger partial charge in [-0.1, -0.05) is 12.1 Å². The molecule has 0 amide bonds. The van der Waals surface area contributed by atoms with E-state index in [1.54, 1.807) is 12.1 Å². The molecule has 5 heteroatoms. The molecule has 0 radical (unpaired) electrons. The maximum absolute atomic E-state index is 14.0. The summed E-state index contributed by atoms with van der Waals surface area (Å²) < 4.78 is 19.0. The molecule has 1 aliphatic heterocycles. The first-order valence-electron chi connectivity index (χ1n) is 6.37. The second kappa shape index (κ2) is 6.50. The third kappa shape index (κ3) is 3.43. The Morgan fingerprint density at radius 1 is 1.26 bits per heavy atom. The molecule has 1 aromatic rings. The van der Waals surface area contributed by atoms with Gasteiger partial charge in [-0.05, 0) is 6.07 Å². The first-order valence-corrected chi connectivity index (χ1v) is 6.37. The number of rotatable bonds is 4. The van der Waals surface area contributed by atoms with Crippen molar-refractivity contribution < 1.29 is 9.13 Å². The first-order chi connectivity index (χ1) is 9.24. The van der Waals surface area contributed by atoms with Gasteiger partial charge in [0, 0.05) is 38.3 Å². The average Bonchev–Trinajstić information content (AvgIpc) is 2.43. The summed E-state index contributed by atoms with van der Waals surface area (Å²) in [6, 6.07) is 7.39. The highest BCUT2D eigenvalue weighted by Gasteiger charge is 2.18. The van der Waals surface area contributed by atoms with Crippen molar-refractivity contribution in [2.24, 2.45) is 0 Å². The van der Waals surface area contributed by atoms with Gasteiger partial charge in [-0.15, -0.1) is 0 Å². The number of halogens is 1. The number of nitriles is 1. The summed E-state index contributed by atoms with van der Waals surface area (Å²) >= 11 is 0. The fourth-order valence-corrected chi connectivity index (χ4v) is 2.28. The van der Waals surface area contributed by atoms with E-state index in [0.29, 0.717) is 24.4 Å². The summed E-state index contributed by atoms with van der Waals surface area (Å²) in [5.41, 5.74) is 0.660. The SMILES string of the molecule is COc1cccc(CN2CCN(CC#N)CC2)c1F. The summed E-state index contributed by atoms with van der Waals surface area (Å²) in [5.74, 6) is 0.0186. The van der Waals surface area contributed by atoms with Crippen LogP contribution in [-0.4, -0.2) is 49.6 Å². The van der Waals surface area contributed by atoms with Gasteiger partial charge in [0.15, 0.2) is 11.6 Å². The van der Waals surface area contributed by atoms with E-state index in [2.05, 4.69) is 15.9 Å². The molecule has 1 aromatic carbocycles. The summed E-state index contributed by atoms with van der Waals surface area (Å²) in [7, 11) is 1.48. The highest BCUT2D eigenvalue weighted by Crippen LogP contribution is 2.21. The van der Waals surface area contributed by atoms with Crippen LogP contribution in [0.5, 0.6) is 5.75 Å². The number of nitrogens with zero attached hydrogens (tertiary/aromatic N) is 3. The number of benzene rings is 1. The molecule has 1 heterocycles. The van der Waals surface area contributed by atoms with Crippen molar-refractivity contribution in [3.63, 3.8) is 0 Å². The molecule has 0 atom stereocenters. The lowest BCUT2D eigenvalue weighted by Crippen LogP contribution is -2.45. The van der Waals surface area contributed by atoms with Crippen molar-refractivity contribution in [2.75, 3.05) is 39.8 Å². The second-order valence-electron chi connectivity index (χ2n) is 4.64. The fraction of sp³-hybridized carbons (Fsp3) is 0.500. The second-order valence-corrected chi connectivity index (χ2v) is 4.64. The molecule has 4 nitrogen and oxygen atoms in total. The number of hydrogen-bond donors (Lipinski definition) is 0. The zero-order chi connectivity index (χ0) is 13.7. The zero-order valence-corrected chi connectivity index (χ0v) is 11.1. The van der Waals surface area contributed by atoms with Crippen LogP contribution in [-0.2, 0) is 6.54 Å². The predicted molar refractivity (Wildman–Crippen MR) is 70.3 cm³/mol. The predicted octanol–water partition coefficient (Wildman–Crippen LogP) is 1.48. The van der Waals surface area contributed by atoms with E-state index in [-0.39, 0.29) is 5.82 Å². The van der Waals surface area contributed by atoms with Crippen LogP contribution in [0.25, 0.3) is 0 Å². The Bertz CT molecular complexity index is 464. The smallest absolute Gasteiger partial charge is 0.169 e. The average molecular weight is 263 g/mol. The van der Waals surface area contributed by atoms with Crippen LogP contribution in [0.1, 0.15) is 5.56 Å². The van der Waals surface area contributed by atoms with E-state index in [1.807, 2.05) is 6.07 Å². The lowest BCUT2D eigenvalue weighted by molar-refractivity contribution is 0.137. The fourth-order valence-electron chi connectivity index (χ4n) is 2.28. The maximum atomic E-state index is 14.0. The minimum Gasteiger partial charge on any atom is -0.494 e. The van der Waals surface area contributed by atoms with Crippen molar-refractivity contribution in [1.82, 2.24) is 9.80 Å². The monoisotopic (exact) mass is 263 g/mol. The Hall–Kier alpha value is -1.64. The van der Waals surface area contributed by atoms with E-state index in [4.69, 9.17) is 10.00 Å². The molecular weight excluding hydrogens is 245 g/mol. The van der Waals surface area contributed by atoms with E-state index >= 15 is 0 Å². The third-order valence-electron chi connectivity index (χ3n) is 3.42. The molecule has 0 N–H and O–H groups in total. The first kappa shape index (κ1) is 13.8. The van der Waals surface area contributed by atoms with Gasteiger partial charge in [-0.2, -0.15) is 5.26 Å². The van der Waals surface area contributed by atoms with E-state index in [1.165, 1.54) is 7.11 Å². The molecule has 0 saturated carbocycles. The molecule has 1 saturated heterocycles. The summed E-state index contributed by atoms with van der Waals surface area (Å²) in [6.07, 6.45) is 0. The van der Waals surface area contributed by atoms with Gasteiger partial charge >= 0.3 is 0 Å². The molecule has 1 aliphatic rings. The number of piperazine rings is 1. The quantitative estimate of drug-likeness (QED) is 0.771. The van der Waals surface area contributed by atoms with Crippen molar-refractivity contribution >= 4 is 0 Å². The van der Waals surface area contributed by atoms with E-state index in [0.717, 1.165) is 26.2 Å². The minimum absolute atomic E-state index is 0.274. The van der Waals surface area contributed by atoms with Crippen molar-refractivity contribution in [2.45, 2.75) is 6.54 Å². The molecule has 0 aromatic heterocycles. The lowest BCUT2D eigenvalue weighted by atomic mass is 10.1. The van der Waals surface area contributed by atoms with Crippen molar-refractivity contribution in [1.29, 1.82) is 5.26 Å². The van der Waals surface area contributed by atoms with Gasteiger partial charge in [0.2, 0.25) is 0 Å². The number of methoxy groups -OCH3 is 1. The van der Waals surface area contributed by atoms with Gasteiger partial charge < -0.3 is 4.74 Å². The summed E-state index contributed by atoms with van der Waals surface area (Å²) in [6.45, 7) is 4.50. The summed E-state index contributed by atoms with van der Waals surface area (Å²) in [5, 5.41) is 8.64. The van der Waals surface area contributed by atoms with Crippen molar-refractivity contribution in [3.05, 3.63) is 29.6 Å². The van der Waals surface area contributed by atoms with Gasteiger partial charge in [0.25, 0.3) is 0 Å². The normalized spacial score (nSPS) is 17.1. The molecule has 102 valence electrons. The lowest BCUT2D eigenvalue weighted by Gasteiger charge is -2.33. The largest absolute Gasteiger partial charge is 0.494 e. The van der Waals surface area contributed by atoms with Crippen LogP contribution in [0.4, 0.5) is 4.39 Å².